The maximum Gasteiger partial charge on any atom is 0.246 e. The summed E-state index contributed by atoms with van der Waals surface area (Å²) in [6.07, 6.45) is 2.40. The highest BCUT2D eigenvalue weighted by Crippen LogP contribution is 2.27. The summed E-state index contributed by atoms with van der Waals surface area (Å²) in [5.41, 5.74) is 0. The Labute approximate surface area is 133 Å². The molecule has 0 saturated carbocycles. The Morgan fingerprint density at radius 3 is 2.85 bits per heavy atom. The first-order valence-corrected chi connectivity index (χ1v) is 8.98. The van der Waals surface area contributed by atoms with E-state index in [1.54, 1.807) is 0 Å². The van der Waals surface area contributed by atoms with Gasteiger partial charge >= 0.3 is 0 Å². The Kier molecular flexibility index (Phi) is 5.07. The van der Waals surface area contributed by atoms with Crippen LogP contribution >= 0.6 is 27.5 Å². The second-order valence-corrected chi connectivity index (χ2v) is 8.03. The SMILES string of the molecule is CCC1CN(S(=O)(=O)c2cc(Br)cnc2Cl)CCN1C. The zero-order chi connectivity index (χ0) is 14.9. The Balaban J connectivity index is 2.33. The Bertz CT molecular complexity index is 596. The molecular formula is C12H17BrClN3O2S. The molecule has 1 unspecified atom stereocenters. The van der Waals surface area contributed by atoms with Gasteiger partial charge in [-0.15, -0.1) is 0 Å². The van der Waals surface area contributed by atoms with Gasteiger partial charge in [-0.2, -0.15) is 4.31 Å². The van der Waals surface area contributed by atoms with Crippen molar-refractivity contribution in [2.45, 2.75) is 24.3 Å². The number of pyridine rings is 1. The highest BCUT2D eigenvalue weighted by molar-refractivity contribution is 9.10. The summed E-state index contributed by atoms with van der Waals surface area (Å²) in [7, 11) is -1.58. The van der Waals surface area contributed by atoms with E-state index in [9.17, 15) is 8.42 Å². The van der Waals surface area contributed by atoms with Crippen LogP contribution in [0.1, 0.15) is 13.3 Å². The van der Waals surface area contributed by atoms with Crippen LogP contribution in [0.4, 0.5) is 0 Å². The first kappa shape index (κ1) is 16.2. The van der Waals surface area contributed by atoms with Crippen LogP contribution in [0.5, 0.6) is 0 Å². The minimum atomic E-state index is -3.60. The smallest absolute Gasteiger partial charge is 0.246 e. The molecule has 112 valence electrons. The van der Waals surface area contributed by atoms with Gasteiger partial charge in [0, 0.05) is 36.3 Å². The van der Waals surface area contributed by atoms with Crippen LogP contribution in [0.15, 0.2) is 21.6 Å². The first-order chi connectivity index (χ1) is 9.36. The average Bonchev–Trinajstić information content (AvgIpc) is 2.41. The number of aromatic nitrogens is 1. The van der Waals surface area contributed by atoms with Crippen LogP contribution in [0.3, 0.4) is 0 Å². The number of hydrogen-bond acceptors (Lipinski definition) is 4. The lowest BCUT2D eigenvalue weighted by Crippen LogP contribution is -2.52. The van der Waals surface area contributed by atoms with E-state index in [0.717, 1.165) is 13.0 Å². The predicted octanol–water partition coefficient (Wildman–Crippen LogP) is 2.21. The average molecular weight is 383 g/mol. The van der Waals surface area contributed by atoms with Crippen molar-refractivity contribution in [3.63, 3.8) is 0 Å². The number of sulfonamides is 1. The summed E-state index contributed by atoms with van der Waals surface area (Å²) in [5.74, 6) is 0. The van der Waals surface area contributed by atoms with Crippen molar-refractivity contribution in [3.8, 4) is 0 Å². The predicted molar refractivity (Wildman–Crippen MR) is 82.4 cm³/mol. The molecule has 2 rings (SSSR count). The van der Waals surface area contributed by atoms with Gasteiger partial charge in [-0.1, -0.05) is 18.5 Å². The van der Waals surface area contributed by atoms with Crippen LogP contribution in [-0.2, 0) is 10.0 Å². The number of likely N-dealkylation sites (N-methyl/N-ethyl adjacent to an activating group) is 1. The van der Waals surface area contributed by atoms with Crippen molar-refractivity contribution < 1.29 is 8.42 Å². The van der Waals surface area contributed by atoms with Gasteiger partial charge in [-0.05, 0) is 35.5 Å². The molecule has 0 spiro atoms. The standard InChI is InChI=1S/C12H17BrClN3O2S/c1-3-10-8-17(5-4-16(10)2)20(18,19)11-6-9(13)7-15-12(11)14/h6-7,10H,3-5,8H2,1-2H3. The van der Waals surface area contributed by atoms with Gasteiger partial charge in [0.15, 0.2) is 0 Å². The third-order valence-electron chi connectivity index (χ3n) is 3.60. The topological polar surface area (TPSA) is 53.5 Å². The van der Waals surface area contributed by atoms with Gasteiger partial charge in [0.1, 0.15) is 10.0 Å². The molecule has 1 atom stereocenters. The first-order valence-electron chi connectivity index (χ1n) is 6.37. The van der Waals surface area contributed by atoms with Crippen LogP contribution in [0.2, 0.25) is 5.15 Å². The summed E-state index contributed by atoms with van der Waals surface area (Å²) < 4.78 is 27.5. The molecule has 0 amide bonds. The third-order valence-corrected chi connectivity index (χ3v) is 6.33. The molecule has 0 aromatic carbocycles. The van der Waals surface area contributed by atoms with E-state index in [4.69, 9.17) is 11.6 Å². The lowest BCUT2D eigenvalue weighted by molar-refractivity contribution is 0.144. The van der Waals surface area contributed by atoms with Gasteiger partial charge < -0.3 is 4.90 Å². The lowest BCUT2D eigenvalue weighted by Gasteiger charge is -2.38. The zero-order valence-corrected chi connectivity index (χ0v) is 14.5. The van der Waals surface area contributed by atoms with E-state index in [1.807, 2.05) is 7.05 Å². The van der Waals surface area contributed by atoms with Gasteiger partial charge in [-0.25, -0.2) is 13.4 Å². The van der Waals surface area contributed by atoms with Crippen LogP contribution < -0.4 is 0 Å². The quantitative estimate of drug-likeness (QED) is 0.752. The van der Waals surface area contributed by atoms with Gasteiger partial charge in [0.25, 0.3) is 0 Å². The second kappa shape index (κ2) is 6.27. The third kappa shape index (κ3) is 3.17. The monoisotopic (exact) mass is 381 g/mol. The minimum Gasteiger partial charge on any atom is -0.301 e. The molecule has 5 nitrogen and oxygen atoms in total. The van der Waals surface area contributed by atoms with Crippen LogP contribution in [-0.4, -0.2) is 55.3 Å². The van der Waals surface area contributed by atoms with Crippen molar-refractivity contribution in [3.05, 3.63) is 21.9 Å². The minimum absolute atomic E-state index is 0.0141. The zero-order valence-electron chi connectivity index (χ0n) is 11.4. The molecule has 0 N–H and O–H groups in total. The molecule has 8 heteroatoms. The van der Waals surface area contributed by atoms with E-state index < -0.39 is 10.0 Å². The van der Waals surface area contributed by atoms with Crippen molar-refractivity contribution in [1.82, 2.24) is 14.2 Å². The normalized spacial score (nSPS) is 22.1. The number of halogens is 2. The molecule has 1 aromatic heterocycles. The Morgan fingerprint density at radius 1 is 1.50 bits per heavy atom. The summed E-state index contributed by atoms with van der Waals surface area (Å²) in [6.45, 7) is 3.73. The molecule has 20 heavy (non-hydrogen) atoms. The number of rotatable bonds is 3. The largest absolute Gasteiger partial charge is 0.301 e. The second-order valence-electron chi connectivity index (χ2n) is 4.85. The summed E-state index contributed by atoms with van der Waals surface area (Å²) >= 11 is 9.19. The molecule has 1 aromatic rings. The number of piperazine rings is 1. The fourth-order valence-corrected chi connectivity index (χ4v) is 4.69. The molecule has 0 bridgehead atoms. The van der Waals surface area contributed by atoms with E-state index >= 15 is 0 Å². The van der Waals surface area contributed by atoms with Crippen molar-refractivity contribution in [1.29, 1.82) is 0 Å². The fraction of sp³-hybridized carbons (Fsp3) is 0.583. The molecule has 1 aliphatic heterocycles. The maximum atomic E-state index is 12.7. The van der Waals surface area contributed by atoms with Crippen molar-refractivity contribution in [2.75, 3.05) is 26.7 Å². The molecule has 0 aliphatic carbocycles. The van der Waals surface area contributed by atoms with Crippen molar-refractivity contribution in [2.24, 2.45) is 0 Å². The van der Waals surface area contributed by atoms with Gasteiger partial charge in [0.2, 0.25) is 10.0 Å². The molecule has 2 heterocycles. The molecule has 1 aliphatic rings. The van der Waals surface area contributed by atoms with Crippen LogP contribution in [0, 0.1) is 0 Å². The number of nitrogens with zero attached hydrogens (tertiary/aromatic N) is 3. The Hall–Kier alpha value is -0.210. The molecule has 0 radical (unpaired) electrons. The van der Waals surface area contributed by atoms with E-state index in [1.165, 1.54) is 16.6 Å². The van der Waals surface area contributed by atoms with Crippen LogP contribution in [0.25, 0.3) is 0 Å². The molecular weight excluding hydrogens is 366 g/mol. The molecule has 1 fully saturated rings. The maximum absolute atomic E-state index is 12.7. The molecule has 1 saturated heterocycles. The van der Waals surface area contributed by atoms with E-state index in [0.29, 0.717) is 17.6 Å². The lowest BCUT2D eigenvalue weighted by atomic mass is 10.1. The highest BCUT2D eigenvalue weighted by atomic mass is 79.9. The highest BCUT2D eigenvalue weighted by Gasteiger charge is 2.33. The fourth-order valence-electron chi connectivity index (χ4n) is 2.30. The van der Waals surface area contributed by atoms with Crippen molar-refractivity contribution >= 4 is 37.6 Å². The Morgan fingerprint density at radius 2 is 2.20 bits per heavy atom. The van der Waals surface area contributed by atoms with Gasteiger partial charge in [-0.3, -0.25) is 0 Å². The summed E-state index contributed by atoms with van der Waals surface area (Å²) in [4.78, 5) is 6.15. The summed E-state index contributed by atoms with van der Waals surface area (Å²) in [6, 6.07) is 1.74. The number of hydrogen-bond donors (Lipinski definition) is 0. The van der Waals surface area contributed by atoms with Gasteiger partial charge in [0.05, 0.1) is 0 Å². The van der Waals surface area contributed by atoms with E-state index in [2.05, 4.69) is 32.7 Å². The summed E-state index contributed by atoms with van der Waals surface area (Å²) in [5, 5.41) is 0.0141. The van der Waals surface area contributed by atoms with E-state index in [-0.39, 0.29) is 16.1 Å².